The Morgan fingerprint density at radius 3 is 2.76 bits per heavy atom. The van der Waals surface area contributed by atoms with E-state index in [2.05, 4.69) is 15.9 Å². The topological polar surface area (TPSA) is 93.1 Å². The van der Waals surface area contributed by atoms with Gasteiger partial charge in [-0.2, -0.15) is 0 Å². The minimum absolute atomic E-state index is 0.177. The largest absolute Gasteiger partial charge is 0.493 e. The van der Waals surface area contributed by atoms with E-state index >= 15 is 0 Å². The van der Waals surface area contributed by atoms with E-state index in [-0.39, 0.29) is 20.7 Å². The molecule has 2 heterocycles. The van der Waals surface area contributed by atoms with Gasteiger partial charge in [-0.3, -0.25) is 14.5 Å². The number of halogens is 1. The Morgan fingerprint density at radius 1 is 1.38 bits per heavy atom. The number of methoxy groups -OCH3 is 1. The molecule has 0 unspecified atom stereocenters. The molecule has 3 rings (SSSR count). The van der Waals surface area contributed by atoms with E-state index in [0.29, 0.717) is 14.9 Å². The summed E-state index contributed by atoms with van der Waals surface area (Å²) in [5.74, 6) is -1.64. The molecule has 1 aromatic carbocycles. The van der Waals surface area contributed by atoms with Gasteiger partial charge in [-0.05, 0) is 51.1 Å². The number of rotatable bonds is 6. The van der Waals surface area contributed by atoms with Crippen molar-refractivity contribution in [2.75, 3.05) is 13.7 Å². The van der Waals surface area contributed by atoms with Gasteiger partial charge < -0.3 is 14.6 Å². The molecule has 0 bridgehead atoms. The highest BCUT2D eigenvalue weighted by molar-refractivity contribution is 9.10. The summed E-state index contributed by atoms with van der Waals surface area (Å²) in [6.07, 6.45) is 1.57. The van der Waals surface area contributed by atoms with E-state index in [1.54, 1.807) is 35.7 Å². The van der Waals surface area contributed by atoms with Crippen LogP contribution in [-0.2, 0) is 9.59 Å². The maximum absolute atomic E-state index is 12.4. The molecule has 2 aromatic rings. The molecular formula is C18H12BrNO6S3. The molecule has 0 spiro atoms. The number of carboxylic acid groups (broad SMARTS) is 1. The number of ether oxygens (including phenoxy) is 2. The molecule has 1 N–H and O–H groups in total. The van der Waals surface area contributed by atoms with Crippen LogP contribution in [0.3, 0.4) is 0 Å². The molecule has 1 fully saturated rings. The van der Waals surface area contributed by atoms with E-state index in [1.165, 1.54) is 18.4 Å². The third-order valence-electron chi connectivity index (χ3n) is 3.63. The smallest absolute Gasteiger partial charge is 0.353 e. The Balaban J connectivity index is 1.88. The van der Waals surface area contributed by atoms with Crippen LogP contribution in [0.25, 0.3) is 6.08 Å². The first kappa shape index (κ1) is 21.5. The zero-order valence-corrected chi connectivity index (χ0v) is 18.7. The molecule has 7 nitrogen and oxygen atoms in total. The van der Waals surface area contributed by atoms with Gasteiger partial charge in [0.1, 0.15) is 15.7 Å². The van der Waals surface area contributed by atoms with Gasteiger partial charge in [-0.1, -0.05) is 30.0 Å². The van der Waals surface area contributed by atoms with Crippen molar-refractivity contribution in [3.8, 4) is 11.5 Å². The molecule has 1 amide bonds. The summed E-state index contributed by atoms with van der Waals surface area (Å²) in [4.78, 5) is 37.3. The van der Waals surface area contributed by atoms with Crippen molar-refractivity contribution in [1.82, 2.24) is 4.90 Å². The molecular weight excluding hydrogens is 502 g/mol. The fraction of sp³-hybridized carbons (Fsp3) is 0.111. The van der Waals surface area contributed by atoms with E-state index in [4.69, 9.17) is 26.8 Å². The van der Waals surface area contributed by atoms with E-state index in [1.807, 2.05) is 0 Å². The average Bonchev–Trinajstić information content (AvgIpc) is 3.28. The monoisotopic (exact) mass is 513 g/mol. The second kappa shape index (κ2) is 9.08. The summed E-state index contributed by atoms with van der Waals surface area (Å²) in [5.41, 5.74) is 0.584. The third-order valence-corrected chi connectivity index (χ3v) is 6.45. The Labute approximate surface area is 187 Å². The molecule has 0 radical (unpaired) electrons. The van der Waals surface area contributed by atoms with Crippen LogP contribution < -0.4 is 9.47 Å². The van der Waals surface area contributed by atoms with Gasteiger partial charge in [0.2, 0.25) is 0 Å². The Bertz CT molecular complexity index is 1030. The number of esters is 1. The molecule has 0 atom stereocenters. The van der Waals surface area contributed by atoms with Crippen LogP contribution in [0.1, 0.15) is 15.2 Å². The van der Waals surface area contributed by atoms with Gasteiger partial charge in [-0.15, -0.1) is 11.3 Å². The molecule has 1 aliphatic rings. The standard InChI is InChI=1S/C18H12BrNO6S3/c1-25-11-6-9(7-13-16(23)20(8-14(21)22)18(27)29-13)5-10(19)15(11)26-17(24)12-3-2-4-28-12/h2-7H,8H2,1H3,(H,21,22)/b13-7+. The first-order chi connectivity index (χ1) is 13.8. The van der Waals surface area contributed by atoms with Crippen molar-refractivity contribution in [1.29, 1.82) is 0 Å². The predicted octanol–water partition coefficient (Wildman–Crippen LogP) is 4.02. The van der Waals surface area contributed by atoms with Crippen molar-refractivity contribution >= 4 is 79.5 Å². The zero-order chi connectivity index (χ0) is 21.1. The number of aliphatic carboxylic acids is 1. The number of hydrogen-bond acceptors (Lipinski definition) is 8. The molecule has 29 heavy (non-hydrogen) atoms. The fourth-order valence-electron chi connectivity index (χ4n) is 2.38. The third kappa shape index (κ3) is 4.86. The summed E-state index contributed by atoms with van der Waals surface area (Å²) in [5, 5.41) is 10.7. The minimum atomic E-state index is -1.15. The summed E-state index contributed by atoms with van der Waals surface area (Å²) in [6, 6.07) is 6.66. The number of carbonyl (C=O) groups excluding carboxylic acids is 2. The average molecular weight is 514 g/mol. The van der Waals surface area contributed by atoms with Crippen LogP contribution in [0.4, 0.5) is 0 Å². The highest BCUT2D eigenvalue weighted by atomic mass is 79.9. The van der Waals surface area contributed by atoms with Gasteiger partial charge >= 0.3 is 11.9 Å². The quantitative estimate of drug-likeness (QED) is 0.268. The lowest BCUT2D eigenvalue weighted by Crippen LogP contribution is -2.33. The number of hydrogen-bond donors (Lipinski definition) is 1. The minimum Gasteiger partial charge on any atom is -0.493 e. The molecule has 1 aliphatic heterocycles. The summed E-state index contributed by atoms with van der Waals surface area (Å²) in [6.45, 7) is -0.493. The van der Waals surface area contributed by atoms with Crippen molar-refractivity contribution in [2.24, 2.45) is 0 Å². The summed E-state index contributed by atoms with van der Waals surface area (Å²) < 4.78 is 11.4. The number of nitrogens with zero attached hydrogens (tertiary/aromatic N) is 1. The van der Waals surface area contributed by atoms with Crippen LogP contribution in [0.2, 0.25) is 0 Å². The predicted molar refractivity (Wildman–Crippen MR) is 117 cm³/mol. The van der Waals surface area contributed by atoms with E-state index in [0.717, 1.165) is 16.7 Å². The first-order valence-corrected chi connectivity index (χ1v) is 10.8. The van der Waals surface area contributed by atoms with Crippen LogP contribution in [0.15, 0.2) is 39.0 Å². The lowest BCUT2D eigenvalue weighted by atomic mass is 10.2. The number of thioether (sulfide) groups is 1. The maximum atomic E-state index is 12.4. The summed E-state index contributed by atoms with van der Waals surface area (Å²) in [7, 11) is 1.43. The van der Waals surface area contributed by atoms with Gasteiger partial charge in [0.25, 0.3) is 5.91 Å². The fourth-order valence-corrected chi connectivity index (χ4v) is 4.78. The van der Waals surface area contributed by atoms with Gasteiger partial charge in [-0.25, -0.2) is 4.79 Å². The number of carbonyl (C=O) groups is 3. The molecule has 0 aliphatic carbocycles. The van der Waals surface area contributed by atoms with Crippen molar-refractivity contribution < 1.29 is 29.0 Å². The van der Waals surface area contributed by atoms with Crippen LogP contribution in [0, 0.1) is 0 Å². The number of benzene rings is 1. The van der Waals surface area contributed by atoms with E-state index in [9.17, 15) is 14.4 Å². The van der Waals surface area contributed by atoms with Crippen molar-refractivity contribution in [3.63, 3.8) is 0 Å². The van der Waals surface area contributed by atoms with Crippen LogP contribution >= 0.6 is 51.2 Å². The number of thiophene rings is 1. The number of thiocarbonyl (C=S) groups is 1. The maximum Gasteiger partial charge on any atom is 0.353 e. The Kier molecular flexibility index (Phi) is 6.73. The van der Waals surface area contributed by atoms with Gasteiger partial charge in [0.05, 0.1) is 16.5 Å². The molecule has 1 aromatic heterocycles. The normalized spacial score (nSPS) is 15.1. The highest BCUT2D eigenvalue weighted by Crippen LogP contribution is 2.39. The number of carboxylic acids is 1. The lowest BCUT2D eigenvalue weighted by Gasteiger charge is -2.12. The van der Waals surface area contributed by atoms with Gasteiger partial charge in [0.15, 0.2) is 11.5 Å². The van der Waals surface area contributed by atoms with E-state index < -0.39 is 24.4 Å². The molecule has 1 saturated heterocycles. The highest BCUT2D eigenvalue weighted by Gasteiger charge is 2.33. The number of amides is 1. The molecule has 11 heteroatoms. The van der Waals surface area contributed by atoms with Crippen LogP contribution in [-0.4, -0.2) is 45.8 Å². The molecule has 150 valence electrons. The molecule has 0 saturated carbocycles. The van der Waals surface area contributed by atoms with Crippen LogP contribution in [0.5, 0.6) is 11.5 Å². The van der Waals surface area contributed by atoms with Crippen molar-refractivity contribution in [2.45, 2.75) is 0 Å². The first-order valence-electron chi connectivity index (χ1n) is 7.90. The summed E-state index contributed by atoms with van der Waals surface area (Å²) >= 11 is 10.7. The second-order valence-corrected chi connectivity index (χ2v) is 9.04. The lowest BCUT2D eigenvalue weighted by molar-refractivity contribution is -0.140. The zero-order valence-electron chi connectivity index (χ0n) is 14.7. The SMILES string of the molecule is COc1cc(/C=C2/SC(=S)N(CC(=O)O)C2=O)cc(Br)c1OC(=O)c1cccs1. The van der Waals surface area contributed by atoms with Crippen molar-refractivity contribution in [3.05, 3.63) is 49.5 Å². The second-order valence-electron chi connectivity index (χ2n) is 5.56. The Morgan fingerprint density at radius 2 is 2.14 bits per heavy atom. The van der Waals surface area contributed by atoms with Gasteiger partial charge in [0, 0.05) is 0 Å². The Hall–Kier alpha value is -2.21.